The molecular formula is C18H28N4S. The number of benzene rings is 1. The van der Waals surface area contributed by atoms with E-state index >= 15 is 0 Å². The third-order valence-corrected chi connectivity index (χ3v) is 5.32. The first kappa shape index (κ1) is 17.7. The van der Waals surface area contributed by atoms with Crippen molar-refractivity contribution in [3.05, 3.63) is 35.5 Å². The molecule has 0 aliphatic rings. The van der Waals surface area contributed by atoms with Crippen LogP contribution in [0, 0.1) is 6.92 Å². The third kappa shape index (κ3) is 4.93. The summed E-state index contributed by atoms with van der Waals surface area (Å²) in [4.78, 5) is 7.65. The van der Waals surface area contributed by atoms with Crippen molar-refractivity contribution in [2.75, 3.05) is 26.4 Å². The lowest BCUT2D eigenvalue weighted by molar-refractivity contribution is 0.664. The van der Waals surface area contributed by atoms with Gasteiger partial charge in [0, 0.05) is 42.0 Å². The summed E-state index contributed by atoms with van der Waals surface area (Å²) in [6.45, 7) is 8.32. The quantitative estimate of drug-likeness (QED) is 0.562. The Labute approximate surface area is 143 Å². The summed E-state index contributed by atoms with van der Waals surface area (Å²) in [5.74, 6) is 0.864. The summed E-state index contributed by atoms with van der Waals surface area (Å²) in [7, 11) is 1.82. The molecule has 126 valence electrons. The molecule has 1 aromatic heterocycles. The van der Waals surface area contributed by atoms with E-state index in [1.807, 2.05) is 18.8 Å². The first-order valence-electron chi connectivity index (χ1n) is 8.01. The van der Waals surface area contributed by atoms with E-state index in [2.05, 4.69) is 72.0 Å². The van der Waals surface area contributed by atoms with E-state index < -0.39 is 0 Å². The Balaban J connectivity index is 1.87. The number of nitrogens with zero attached hydrogens (tertiary/aromatic N) is 1. The minimum Gasteiger partial charge on any atom is -0.361 e. The SMILES string of the molecule is CN=C(NCCc1c[nH]c2cc(C)ccc12)NCC(C)(C)SC. The number of nitrogens with one attached hydrogen (secondary N) is 3. The molecule has 2 aromatic rings. The minimum atomic E-state index is 0.201. The van der Waals surface area contributed by atoms with Crippen LogP contribution in [0.15, 0.2) is 29.4 Å². The number of fused-ring (bicyclic) bond motifs is 1. The molecule has 0 atom stereocenters. The highest BCUT2D eigenvalue weighted by Gasteiger charge is 2.16. The van der Waals surface area contributed by atoms with Gasteiger partial charge in [-0.05, 0) is 50.6 Å². The van der Waals surface area contributed by atoms with Gasteiger partial charge in [0.05, 0.1) is 0 Å². The lowest BCUT2D eigenvalue weighted by Gasteiger charge is -2.23. The second-order valence-electron chi connectivity index (χ2n) is 6.43. The van der Waals surface area contributed by atoms with Gasteiger partial charge in [-0.25, -0.2) is 0 Å². The molecule has 1 aromatic carbocycles. The monoisotopic (exact) mass is 332 g/mol. The van der Waals surface area contributed by atoms with Crippen LogP contribution in [0.2, 0.25) is 0 Å². The Morgan fingerprint density at radius 2 is 2.09 bits per heavy atom. The number of aromatic amines is 1. The Kier molecular flexibility index (Phi) is 5.99. The Morgan fingerprint density at radius 3 is 2.78 bits per heavy atom. The standard InChI is InChI=1S/C18H28N4S/c1-13-6-7-15-14(11-21-16(15)10-13)8-9-20-17(19-4)22-12-18(2,3)23-5/h6-7,10-11,21H,8-9,12H2,1-5H3,(H2,19,20,22). The number of hydrogen-bond donors (Lipinski definition) is 3. The van der Waals surface area contributed by atoms with Gasteiger partial charge in [0.15, 0.2) is 5.96 Å². The molecule has 0 unspecified atom stereocenters. The fourth-order valence-electron chi connectivity index (χ4n) is 2.41. The maximum Gasteiger partial charge on any atom is 0.191 e. The number of thioether (sulfide) groups is 1. The highest BCUT2D eigenvalue weighted by Crippen LogP contribution is 2.20. The highest BCUT2D eigenvalue weighted by molar-refractivity contribution is 7.99. The Bertz CT molecular complexity index is 673. The van der Waals surface area contributed by atoms with Gasteiger partial charge in [-0.1, -0.05) is 12.1 Å². The molecule has 0 aliphatic carbocycles. The number of rotatable bonds is 6. The summed E-state index contributed by atoms with van der Waals surface area (Å²) >= 11 is 1.85. The zero-order chi connectivity index (χ0) is 16.9. The lowest BCUT2D eigenvalue weighted by Crippen LogP contribution is -2.43. The third-order valence-electron chi connectivity index (χ3n) is 4.07. The average Bonchev–Trinajstić information content (AvgIpc) is 2.92. The normalized spacial score (nSPS) is 12.7. The molecule has 0 saturated carbocycles. The maximum absolute atomic E-state index is 4.30. The number of aliphatic imine (C=N–C) groups is 1. The van der Waals surface area contributed by atoms with Crippen LogP contribution in [0.1, 0.15) is 25.0 Å². The maximum atomic E-state index is 4.30. The largest absolute Gasteiger partial charge is 0.361 e. The molecule has 0 amide bonds. The molecule has 0 spiro atoms. The van der Waals surface area contributed by atoms with Crippen LogP contribution < -0.4 is 10.6 Å². The smallest absolute Gasteiger partial charge is 0.191 e. The lowest BCUT2D eigenvalue weighted by atomic mass is 10.1. The number of H-pyrrole nitrogens is 1. The fraction of sp³-hybridized carbons (Fsp3) is 0.500. The minimum absolute atomic E-state index is 0.201. The summed E-state index contributed by atoms with van der Waals surface area (Å²) in [6, 6.07) is 6.56. The van der Waals surface area contributed by atoms with Crippen LogP contribution in [-0.2, 0) is 6.42 Å². The van der Waals surface area contributed by atoms with Crippen molar-refractivity contribution in [3.63, 3.8) is 0 Å². The van der Waals surface area contributed by atoms with E-state index in [9.17, 15) is 0 Å². The number of aryl methyl sites for hydroxylation is 1. The number of aromatic nitrogens is 1. The predicted octanol–water partition coefficient (Wildman–Crippen LogP) is 3.33. The van der Waals surface area contributed by atoms with E-state index in [1.165, 1.54) is 22.0 Å². The van der Waals surface area contributed by atoms with Gasteiger partial charge in [-0.2, -0.15) is 11.8 Å². The average molecular weight is 333 g/mol. The van der Waals surface area contributed by atoms with Crippen LogP contribution in [0.4, 0.5) is 0 Å². The van der Waals surface area contributed by atoms with Crippen LogP contribution in [0.25, 0.3) is 10.9 Å². The van der Waals surface area contributed by atoms with Gasteiger partial charge in [-0.3, -0.25) is 4.99 Å². The molecule has 0 saturated heterocycles. The number of hydrogen-bond acceptors (Lipinski definition) is 2. The van der Waals surface area contributed by atoms with Gasteiger partial charge in [0.2, 0.25) is 0 Å². The molecule has 0 fully saturated rings. The number of guanidine groups is 1. The topological polar surface area (TPSA) is 52.2 Å². The molecule has 23 heavy (non-hydrogen) atoms. The summed E-state index contributed by atoms with van der Waals surface area (Å²) in [5.41, 5.74) is 3.83. The highest BCUT2D eigenvalue weighted by atomic mass is 32.2. The van der Waals surface area contributed by atoms with Crippen LogP contribution >= 0.6 is 11.8 Å². The zero-order valence-electron chi connectivity index (χ0n) is 14.8. The summed E-state index contributed by atoms with van der Waals surface area (Å²) in [6.07, 6.45) is 5.21. The van der Waals surface area contributed by atoms with Gasteiger partial charge in [0.1, 0.15) is 0 Å². The van der Waals surface area contributed by atoms with E-state index in [1.54, 1.807) is 0 Å². The van der Waals surface area contributed by atoms with Crippen LogP contribution in [0.3, 0.4) is 0 Å². The molecule has 4 nitrogen and oxygen atoms in total. The molecule has 0 radical (unpaired) electrons. The molecule has 5 heteroatoms. The van der Waals surface area contributed by atoms with Crippen molar-refractivity contribution in [1.82, 2.24) is 15.6 Å². The van der Waals surface area contributed by atoms with E-state index in [0.717, 1.165) is 25.5 Å². The first-order chi connectivity index (χ1) is 10.9. The fourth-order valence-corrected chi connectivity index (χ4v) is 2.63. The predicted molar refractivity (Wildman–Crippen MR) is 104 cm³/mol. The molecule has 1 heterocycles. The van der Waals surface area contributed by atoms with E-state index in [-0.39, 0.29) is 4.75 Å². The molecule has 3 N–H and O–H groups in total. The van der Waals surface area contributed by atoms with Gasteiger partial charge < -0.3 is 15.6 Å². The Morgan fingerprint density at radius 1 is 1.30 bits per heavy atom. The van der Waals surface area contributed by atoms with Gasteiger partial charge in [0.25, 0.3) is 0 Å². The second kappa shape index (κ2) is 7.77. The second-order valence-corrected chi connectivity index (χ2v) is 7.94. The molecule has 0 aliphatic heterocycles. The summed E-state index contributed by atoms with van der Waals surface area (Å²) < 4.78 is 0.201. The Hall–Kier alpha value is -1.62. The van der Waals surface area contributed by atoms with Crippen molar-refractivity contribution >= 4 is 28.6 Å². The molecule has 0 bridgehead atoms. The van der Waals surface area contributed by atoms with Crippen LogP contribution in [0.5, 0.6) is 0 Å². The van der Waals surface area contributed by atoms with Crippen molar-refractivity contribution in [2.45, 2.75) is 31.9 Å². The van der Waals surface area contributed by atoms with Gasteiger partial charge >= 0.3 is 0 Å². The molecular weight excluding hydrogens is 304 g/mol. The molecule has 2 rings (SSSR count). The van der Waals surface area contributed by atoms with Crippen molar-refractivity contribution in [1.29, 1.82) is 0 Å². The van der Waals surface area contributed by atoms with Crippen molar-refractivity contribution in [2.24, 2.45) is 4.99 Å². The van der Waals surface area contributed by atoms with Crippen LogP contribution in [-0.4, -0.2) is 42.1 Å². The zero-order valence-corrected chi connectivity index (χ0v) is 15.6. The van der Waals surface area contributed by atoms with Gasteiger partial charge in [-0.15, -0.1) is 0 Å². The van der Waals surface area contributed by atoms with Crippen molar-refractivity contribution < 1.29 is 0 Å². The summed E-state index contributed by atoms with van der Waals surface area (Å²) in [5, 5.41) is 8.10. The van der Waals surface area contributed by atoms with E-state index in [0.29, 0.717) is 0 Å². The van der Waals surface area contributed by atoms with Crippen molar-refractivity contribution in [3.8, 4) is 0 Å². The first-order valence-corrected chi connectivity index (χ1v) is 9.24. The van der Waals surface area contributed by atoms with E-state index in [4.69, 9.17) is 0 Å².